The maximum absolute atomic E-state index is 12.2. The lowest BCUT2D eigenvalue weighted by Crippen LogP contribution is -2.48. The molecule has 1 amide bonds. The van der Waals surface area contributed by atoms with E-state index < -0.39 is 0 Å². The second-order valence-electron chi connectivity index (χ2n) is 4.97. The summed E-state index contributed by atoms with van der Waals surface area (Å²) in [6, 6.07) is 5.77. The van der Waals surface area contributed by atoms with Gasteiger partial charge in [-0.15, -0.1) is 11.3 Å². The molecule has 3 rings (SSSR count). The molecule has 3 heterocycles. The average molecular weight is 291 g/mol. The molecule has 0 saturated carbocycles. The molecule has 0 aromatic carbocycles. The van der Waals surface area contributed by atoms with Crippen LogP contribution in [0.3, 0.4) is 0 Å². The number of amides is 1. The number of rotatable bonds is 3. The normalized spacial score (nSPS) is 16.6. The van der Waals surface area contributed by atoms with E-state index in [1.807, 2.05) is 35.4 Å². The molecule has 2 aromatic rings. The Bertz CT molecular complexity index is 571. The van der Waals surface area contributed by atoms with Crippen LogP contribution >= 0.6 is 11.3 Å². The van der Waals surface area contributed by atoms with Gasteiger partial charge in [0.05, 0.1) is 10.6 Å². The molecule has 106 valence electrons. The zero-order chi connectivity index (χ0) is 13.9. The van der Waals surface area contributed by atoms with Crippen LogP contribution in [0.15, 0.2) is 28.1 Å². The Morgan fingerprint density at radius 1 is 1.40 bits per heavy atom. The summed E-state index contributed by atoms with van der Waals surface area (Å²) in [5, 5.41) is 5.95. The maximum Gasteiger partial charge on any atom is 0.264 e. The Morgan fingerprint density at radius 2 is 2.20 bits per heavy atom. The van der Waals surface area contributed by atoms with Gasteiger partial charge in [0.25, 0.3) is 5.91 Å². The van der Waals surface area contributed by atoms with Crippen molar-refractivity contribution in [2.24, 2.45) is 0 Å². The summed E-state index contributed by atoms with van der Waals surface area (Å²) in [5.41, 5.74) is 0.959. The van der Waals surface area contributed by atoms with Gasteiger partial charge in [0.15, 0.2) is 0 Å². The highest BCUT2D eigenvalue weighted by Gasteiger charge is 2.23. The first-order chi connectivity index (χ1) is 9.72. The maximum atomic E-state index is 12.2. The zero-order valence-corrected chi connectivity index (χ0v) is 12.2. The monoisotopic (exact) mass is 291 g/mol. The van der Waals surface area contributed by atoms with Gasteiger partial charge in [-0.25, -0.2) is 0 Å². The van der Waals surface area contributed by atoms with E-state index >= 15 is 0 Å². The average Bonchev–Trinajstić information content (AvgIpc) is 3.11. The van der Waals surface area contributed by atoms with Crippen LogP contribution in [0.2, 0.25) is 0 Å². The molecular weight excluding hydrogens is 274 g/mol. The van der Waals surface area contributed by atoms with Crippen LogP contribution in [0.5, 0.6) is 0 Å². The minimum atomic E-state index is 0.150. The van der Waals surface area contributed by atoms with Crippen molar-refractivity contribution in [1.29, 1.82) is 0 Å². The molecule has 5 nitrogen and oxygen atoms in total. The highest BCUT2D eigenvalue weighted by molar-refractivity contribution is 7.12. The van der Waals surface area contributed by atoms with E-state index in [1.54, 1.807) is 0 Å². The van der Waals surface area contributed by atoms with Gasteiger partial charge in [-0.05, 0) is 18.4 Å². The van der Waals surface area contributed by atoms with Crippen LogP contribution in [-0.4, -0.2) is 47.0 Å². The van der Waals surface area contributed by atoms with Gasteiger partial charge < -0.3 is 9.42 Å². The SMILES string of the molecule is Cc1cc(CN2CCN(C(=O)c3cccs3)CC2)no1. The standard InChI is InChI=1S/C14H17N3O2S/c1-11-9-12(15-19-11)10-16-4-6-17(7-5-16)14(18)13-3-2-8-20-13/h2-3,8-9H,4-7,10H2,1H3. The van der Waals surface area contributed by atoms with Gasteiger partial charge >= 0.3 is 0 Å². The molecule has 6 heteroatoms. The Balaban J connectivity index is 1.53. The number of nitrogens with zero attached hydrogens (tertiary/aromatic N) is 3. The number of hydrogen-bond donors (Lipinski definition) is 0. The fourth-order valence-corrected chi connectivity index (χ4v) is 3.08. The predicted molar refractivity (Wildman–Crippen MR) is 76.7 cm³/mol. The number of aromatic nitrogens is 1. The van der Waals surface area contributed by atoms with Crippen molar-refractivity contribution in [3.63, 3.8) is 0 Å². The van der Waals surface area contributed by atoms with Crippen molar-refractivity contribution in [1.82, 2.24) is 15.0 Å². The molecule has 0 radical (unpaired) electrons. The Labute approximate surface area is 121 Å². The van der Waals surface area contributed by atoms with Crippen molar-refractivity contribution in [3.05, 3.63) is 39.9 Å². The lowest BCUT2D eigenvalue weighted by molar-refractivity contribution is 0.0630. The summed E-state index contributed by atoms with van der Waals surface area (Å²) < 4.78 is 5.07. The number of piperazine rings is 1. The summed E-state index contributed by atoms with van der Waals surface area (Å²) in [4.78, 5) is 17.3. The van der Waals surface area contributed by atoms with Crippen LogP contribution in [0.4, 0.5) is 0 Å². The number of aryl methyl sites for hydroxylation is 1. The third-order valence-corrected chi connectivity index (χ3v) is 4.31. The molecule has 0 aliphatic carbocycles. The molecule has 0 unspecified atom stereocenters. The number of thiophene rings is 1. The summed E-state index contributed by atoms with van der Waals surface area (Å²) >= 11 is 1.50. The molecule has 1 saturated heterocycles. The molecule has 0 spiro atoms. The highest BCUT2D eigenvalue weighted by atomic mass is 32.1. The molecule has 0 bridgehead atoms. The first-order valence-electron chi connectivity index (χ1n) is 6.70. The van der Waals surface area contributed by atoms with E-state index in [4.69, 9.17) is 4.52 Å². The highest BCUT2D eigenvalue weighted by Crippen LogP contribution is 2.15. The fourth-order valence-electron chi connectivity index (χ4n) is 2.39. The molecule has 0 N–H and O–H groups in total. The van der Waals surface area contributed by atoms with E-state index in [0.717, 1.165) is 49.1 Å². The summed E-state index contributed by atoms with van der Waals surface area (Å²) in [6.07, 6.45) is 0. The van der Waals surface area contributed by atoms with Gasteiger partial charge in [-0.3, -0.25) is 9.69 Å². The molecule has 1 aliphatic rings. The van der Waals surface area contributed by atoms with E-state index in [0.29, 0.717) is 0 Å². The summed E-state index contributed by atoms with van der Waals surface area (Å²) in [6.45, 7) is 5.99. The number of carbonyl (C=O) groups is 1. The van der Waals surface area contributed by atoms with Gasteiger partial charge in [-0.2, -0.15) is 0 Å². The van der Waals surface area contributed by atoms with Gasteiger partial charge in [0.1, 0.15) is 5.76 Å². The van der Waals surface area contributed by atoms with Gasteiger partial charge in [-0.1, -0.05) is 11.2 Å². The number of carbonyl (C=O) groups excluding carboxylic acids is 1. The fraction of sp³-hybridized carbons (Fsp3) is 0.429. The Kier molecular flexibility index (Phi) is 3.84. The predicted octanol–water partition coefficient (Wildman–Crippen LogP) is 2.00. The zero-order valence-electron chi connectivity index (χ0n) is 11.4. The van der Waals surface area contributed by atoms with Crippen LogP contribution in [0, 0.1) is 6.92 Å². The Hall–Kier alpha value is -1.66. The van der Waals surface area contributed by atoms with Crippen LogP contribution in [0.1, 0.15) is 21.1 Å². The van der Waals surface area contributed by atoms with Crippen LogP contribution < -0.4 is 0 Å². The first-order valence-corrected chi connectivity index (χ1v) is 7.57. The van der Waals surface area contributed by atoms with Crippen molar-refractivity contribution >= 4 is 17.2 Å². The molecular formula is C14H17N3O2S. The molecule has 1 fully saturated rings. The summed E-state index contributed by atoms with van der Waals surface area (Å²) in [7, 11) is 0. The van der Waals surface area contributed by atoms with Gasteiger partial charge in [0.2, 0.25) is 0 Å². The quantitative estimate of drug-likeness (QED) is 0.868. The van der Waals surface area contributed by atoms with Crippen molar-refractivity contribution < 1.29 is 9.32 Å². The molecule has 2 aromatic heterocycles. The topological polar surface area (TPSA) is 49.6 Å². The molecule has 1 aliphatic heterocycles. The van der Waals surface area contributed by atoms with Gasteiger partial charge in [0, 0.05) is 38.8 Å². The van der Waals surface area contributed by atoms with Crippen molar-refractivity contribution in [2.75, 3.05) is 26.2 Å². The van der Waals surface area contributed by atoms with E-state index in [1.165, 1.54) is 11.3 Å². The largest absolute Gasteiger partial charge is 0.361 e. The lowest BCUT2D eigenvalue weighted by atomic mass is 10.2. The van der Waals surface area contributed by atoms with Crippen LogP contribution in [0.25, 0.3) is 0 Å². The Morgan fingerprint density at radius 3 is 2.80 bits per heavy atom. The minimum Gasteiger partial charge on any atom is -0.361 e. The molecule has 20 heavy (non-hydrogen) atoms. The van der Waals surface area contributed by atoms with E-state index in [9.17, 15) is 4.79 Å². The second-order valence-corrected chi connectivity index (χ2v) is 5.92. The second kappa shape index (κ2) is 5.76. The van der Waals surface area contributed by atoms with E-state index in [2.05, 4.69) is 10.1 Å². The number of hydrogen-bond acceptors (Lipinski definition) is 5. The minimum absolute atomic E-state index is 0.150. The summed E-state index contributed by atoms with van der Waals surface area (Å²) in [5.74, 6) is 0.989. The third-order valence-electron chi connectivity index (χ3n) is 3.45. The van der Waals surface area contributed by atoms with Crippen molar-refractivity contribution in [3.8, 4) is 0 Å². The van der Waals surface area contributed by atoms with E-state index in [-0.39, 0.29) is 5.91 Å². The van der Waals surface area contributed by atoms with Crippen LogP contribution in [-0.2, 0) is 6.54 Å². The first kappa shape index (κ1) is 13.3. The van der Waals surface area contributed by atoms with Crippen molar-refractivity contribution in [2.45, 2.75) is 13.5 Å². The third kappa shape index (κ3) is 2.91. The lowest BCUT2D eigenvalue weighted by Gasteiger charge is -2.34. The molecule has 0 atom stereocenters. The smallest absolute Gasteiger partial charge is 0.264 e.